The van der Waals surface area contributed by atoms with Gasteiger partial charge in [-0.15, -0.1) is 0 Å². The van der Waals surface area contributed by atoms with Crippen molar-refractivity contribution in [3.05, 3.63) is 52.1 Å². The summed E-state index contributed by atoms with van der Waals surface area (Å²) >= 11 is 0. The van der Waals surface area contributed by atoms with Gasteiger partial charge >= 0.3 is 6.18 Å². The van der Waals surface area contributed by atoms with Crippen molar-refractivity contribution >= 4 is 37.2 Å². The van der Waals surface area contributed by atoms with Gasteiger partial charge in [0.25, 0.3) is 5.91 Å². The van der Waals surface area contributed by atoms with Gasteiger partial charge in [0, 0.05) is 72.0 Å². The number of alkyl halides is 3. The Kier molecular flexibility index (Phi) is 16.0. The van der Waals surface area contributed by atoms with E-state index in [9.17, 15) is 32.7 Å². The monoisotopic (exact) mass is 705 g/mol. The summed E-state index contributed by atoms with van der Waals surface area (Å²) in [4.78, 5) is 43.0. The lowest BCUT2D eigenvalue weighted by Crippen LogP contribution is -2.49. The lowest BCUT2D eigenvalue weighted by molar-refractivity contribution is -0.137. The summed E-state index contributed by atoms with van der Waals surface area (Å²) in [6.07, 6.45) is 1.41. The van der Waals surface area contributed by atoms with Crippen LogP contribution in [0.4, 0.5) is 18.9 Å². The number of amides is 2. The zero-order valence-electron chi connectivity index (χ0n) is 29.8. The van der Waals surface area contributed by atoms with Crippen LogP contribution in [0, 0.1) is 19.8 Å². The molecule has 0 atom stereocenters. The zero-order chi connectivity index (χ0) is 37.6. The molecule has 1 aliphatic carbocycles. The number of aryl methyl sites for hydroxylation is 2. The van der Waals surface area contributed by atoms with Gasteiger partial charge in [0.2, 0.25) is 5.91 Å². The van der Waals surface area contributed by atoms with Crippen LogP contribution in [-0.4, -0.2) is 115 Å². The van der Waals surface area contributed by atoms with Crippen LogP contribution in [0.2, 0.25) is 0 Å². The van der Waals surface area contributed by atoms with Crippen molar-refractivity contribution in [2.45, 2.75) is 52.6 Å². The Hall–Kier alpha value is -4.89. The van der Waals surface area contributed by atoms with Crippen LogP contribution < -0.4 is 10.6 Å². The van der Waals surface area contributed by atoms with Crippen molar-refractivity contribution in [2.24, 2.45) is 23.1 Å². The average Bonchev–Trinajstić information content (AvgIpc) is 3.32. The number of aromatic nitrogens is 2. The summed E-state index contributed by atoms with van der Waals surface area (Å²) in [5.41, 5.74) is 2.12. The molecule has 1 saturated heterocycles. The van der Waals surface area contributed by atoms with Crippen LogP contribution in [0.25, 0.3) is 0 Å². The number of benzene rings is 1. The molecule has 1 aromatic heterocycles. The van der Waals surface area contributed by atoms with Gasteiger partial charge < -0.3 is 30.5 Å². The van der Waals surface area contributed by atoms with Gasteiger partial charge in [-0.3, -0.25) is 24.1 Å². The fourth-order valence-corrected chi connectivity index (χ4v) is 5.15. The maximum absolute atomic E-state index is 12.6. The molecule has 13 nitrogen and oxygen atoms in total. The summed E-state index contributed by atoms with van der Waals surface area (Å²) in [7, 11) is 5.05. The average molecular weight is 706 g/mol. The van der Waals surface area contributed by atoms with Gasteiger partial charge in [-0.1, -0.05) is 13.3 Å². The topological polar surface area (TPSA) is 148 Å². The Bertz CT molecular complexity index is 1510. The Morgan fingerprint density at radius 3 is 2.16 bits per heavy atom. The Morgan fingerprint density at radius 2 is 1.76 bits per heavy atom. The number of nitrogens with zero attached hydrogens (tertiary/aromatic N) is 7. The summed E-state index contributed by atoms with van der Waals surface area (Å²) < 4.78 is 38.9. The van der Waals surface area contributed by atoms with Crippen molar-refractivity contribution in [1.82, 2.24) is 29.9 Å². The molecule has 2 fully saturated rings. The second kappa shape index (κ2) is 19.3. The van der Waals surface area contributed by atoms with E-state index in [1.807, 2.05) is 11.8 Å². The minimum Gasteiger partial charge on any atom is -0.504 e. The molecule has 2 aliphatic rings. The summed E-state index contributed by atoms with van der Waals surface area (Å²) in [5.74, 6) is 0.175. The number of aromatic hydroxyl groups is 1. The number of anilines is 1. The van der Waals surface area contributed by atoms with Crippen LogP contribution in [-0.2, 0) is 22.8 Å². The van der Waals surface area contributed by atoms with Crippen molar-refractivity contribution in [3.8, 4) is 5.75 Å². The van der Waals surface area contributed by atoms with Crippen LogP contribution in [0.15, 0.2) is 39.7 Å². The van der Waals surface area contributed by atoms with E-state index in [2.05, 4.69) is 39.3 Å². The van der Waals surface area contributed by atoms with Crippen molar-refractivity contribution in [2.75, 3.05) is 58.7 Å². The Balaban J connectivity index is 0.000000295. The van der Waals surface area contributed by atoms with Gasteiger partial charge in [0.05, 0.1) is 17.0 Å². The number of nitrogens with one attached hydrogen (secondary N) is 2. The van der Waals surface area contributed by atoms with E-state index in [1.165, 1.54) is 41.9 Å². The molecule has 1 aromatic carbocycles. The largest absolute Gasteiger partial charge is 0.504 e. The molecular formula is C34H50F3N9O4. The molecule has 3 N–H and O–H groups in total. The molecule has 0 spiro atoms. The van der Waals surface area contributed by atoms with Gasteiger partial charge in [0.1, 0.15) is 6.54 Å². The van der Waals surface area contributed by atoms with Crippen molar-refractivity contribution in [1.29, 1.82) is 0 Å². The third-order valence-electron chi connectivity index (χ3n) is 8.54. The molecule has 2 aromatic rings. The SMILES string of the molecule is C=NCC1CCC1.C=NN(C)CC(=O)Nc1ccc(C(F)(F)F)cc1C.CC/C(NC)=C(/C=O)N1CCN(C(=O)c2nn(C)c(C)c2O)CC1. The number of piperazine rings is 1. The molecule has 1 saturated carbocycles. The predicted molar refractivity (Wildman–Crippen MR) is 188 cm³/mol. The van der Waals surface area contributed by atoms with E-state index in [0.717, 1.165) is 43.0 Å². The number of aldehydes is 1. The highest BCUT2D eigenvalue weighted by atomic mass is 19.4. The number of halogens is 3. The summed E-state index contributed by atoms with van der Waals surface area (Å²) in [5, 5.41) is 24.5. The second-order valence-corrected chi connectivity index (χ2v) is 12.0. The molecule has 276 valence electrons. The zero-order valence-corrected chi connectivity index (χ0v) is 29.8. The van der Waals surface area contributed by atoms with Gasteiger partial charge in [-0.05, 0) is 69.5 Å². The number of rotatable bonds is 11. The van der Waals surface area contributed by atoms with Crippen LogP contribution in [0.5, 0.6) is 5.75 Å². The minimum absolute atomic E-state index is 0.0238. The van der Waals surface area contributed by atoms with E-state index in [0.29, 0.717) is 48.8 Å². The summed E-state index contributed by atoms with van der Waals surface area (Å²) in [6, 6.07) is 3.15. The second-order valence-electron chi connectivity index (χ2n) is 12.0. The first-order valence-electron chi connectivity index (χ1n) is 16.3. The third kappa shape index (κ3) is 11.6. The standard InChI is InChI=1S/C16H25N5O3.C12H14F3N3O.C6H11N/c1-5-12(17-3)13(10-22)20-6-8-21(9-7-20)16(24)14-15(23)11(2)19(4)18-14;1-8-6-9(12(13,14)15)4-5-10(8)17-11(19)7-18(3)16-2;1-7-5-6-3-2-4-6/h10,17,23H,5-9H2,1-4H3;4-6H,2,7H2,1,3H3,(H,17,19);6H,1-5H2/b13-12+;;. The van der Waals surface area contributed by atoms with E-state index in [4.69, 9.17) is 0 Å². The van der Waals surface area contributed by atoms with Gasteiger partial charge in [-0.25, -0.2) is 0 Å². The molecule has 4 rings (SSSR count). The molecule has 50 heavy (non-hydrogen) atoms. The number of allylic oxidation sites excluding steroid dienone is 2. The quantitative estimate of drug-likeness (QED) is 0.136. The highest BCUT2D eigenvalue weighted by Crippen LogP contribution is 2.31. The minimum atomic E-state index is -4.39. The molecule has 1 aliphatic heterocycles. The van der Waals surface area contributed by atoms with Crippen LogP contribution in [0.3, 0.4) is 0 Å². The molecule has 0 unspecified atom stereocenters. The van der Waals surface area contributed by atoms with Gasteiger partial charge in [0.15, 0.2) is 17.7 Å². The fourth-order valence-electron chi connectivity index (χ4n) is 5.15. The van der Waals surface area contributed by atoms with Crippen LogP contribution in [0.1, 0.15) is 59.9 Å². The summed E-state index contributed by atoms with van der Waals surface area (Å²) in [6.45, 7) is 14.9. The van der Waals surface area contributed by atoms with Crippen molar-refractivity contribution < 1.29 is 32.7 Å². The van der Waals surface area contributed by atoms with Crippen molar-refractivity contribution in [3.63, 3.8) is 0 Å². The number of carbonyl (C=O) groups excluding carboxylic acids is 3. The maximum atomic E-state index is 12.6. The highest BCUT2D eigenvalue weighted by molar-refractivity contribution is 5.95. The third-order valence-corrected chi connectivity index (χ3v) is 8.54. The lowest BCUT2D eigenvalue weighted by atomic mass is 9.86. The van der Waals surface area contributed by atoms with Gasteiger partial charge in [-0.2, -0.15) is 23.4 Å². The number of carbonyl (C=O) groups is 3. The molecule has 2 heterocycles. The Labute approximate surface area is 291 Å². The first-order valence-corrected chi connectivity index (χ1v) is 16.3. The molecular weight excluding hydrogens is 655 g/mol. The highest BCUT2D eigenvalue weighted by Gasteiger charge is 2.31. The van der Waals surface area contributed by atoms with Crippen LogP contribution >= 0.6 is 0 Å². The molecule has 0 bridgehead atoms. The fraction of sp³-hybridized carbons (Fsp3) is 0.529. The maximum Gasteiger partial charge on any atom is 0.416 e. The predicted octanol–water partition coefficient (Wildman–Crippen LogP) is 4.22. The first kappa shape index (κ1) is 41.3. The number of aliphatic imine (C=N–C) groups is 1. The Morgan fingerprint density at radius 1 is 1.14 bits per heavy atom. The number of hydrogen-bond donors (Lipinski definition) is 3. The van der Waals surface area contributed by atoms with E-state index < -0.39 is 11.7 Å². The number of hydrazone groups is 1. The molecule has 2 amide bonds. The van der Waals surface area contributed by atoms with E-state index >= 15 is 0 Å². The molecule has 16 heteroatoms. The molecule has 0 radical (unpaired) electrons. The lowest BCUT2D eigenvalue weighted by Gasteiger charge is -2.36. The normalized spacial score (nSPS) is 14.8. The number of hydrogen-bond acceptors (Lipinski definition) is 10. The smallest absolute Gasteiger partial charge is 0.416 e. The first-order chi connectivity index (χ1) is 23.6. The number of likely N-dealkylation sites (N-methyl/N-ethyl adjacent to an activating group) is 1. The van der Waals surface area contributed by atoms with E-state index in [1.54, 1.807) is 33.0 Å². The van der Waals surface area contributed by atoms with E-state index in [-0.39, 0.29) is 29.8 Å².